The zero-order valence-electron chi connectivity index (χ0n) is 14.5. The van der Waals surface area contributed by atoms with Crippen molar-refractivity contribution in [3.63, 3.8) is 0 Å². The van der Waals surface area contributed by atoms with Crippen LogP contribution in [0.1, 0.15) is 50.3 Å². The first-order valence-electron chi connectivity index (χ1n) is 8.46. The second-order valence-corrected chi connectivity index (χ2v) is 7.38. The van der Waals surface area contributed by atoms with Gasteiger partial charge in [0.05, 0.1) is 0 Å². The maximum atomic E-state index is 12.2. The maximum absolute atomic E-state index is 12.2. The third-order valence-corrected chi connectivity index (χ3v) is 4.52. The Morgan fingerprint density at radius 2 is 1.91 bits per heavy atom. The van der Waals surface area contributed by atoms with E-state index in [0.717, 1.165) is 39.0 Å². The lowest BCUT2D eigenvalue weighted by molar-refractivity contribution is -0.131. The van der Waals surface area contributed by atoms with Crippen LogP contribution in [0, 0.1) is 6.92 Å². The van der Waals surface area contributed by atoms with E-state index in [2.05, 4.69) is 51.2 Å². The summed E-state index contributed by atoms with van der Waals surface area (Å²) in [7, 11) is 0. The summed E-state index contributed by atoms with van der Waals surface area (Å²) >= 11 is 0. The molecule has 0 unspecified atom stereocenters. The molecule has 2 rings (SSSR count). The Hall–Kier alpha value is -1.35. The van der Waals surface area contributed by atoms with Gasteiger partial charge in [-0.3, -0.25) is 4.79 Å². The third-order valence-electron chi connectivity index (χ3n) is 4.52. The van der Waals surface area contributed by atoms with Crippen LogP contribution < -0.4 is 5.32 Å². The summed E-state index contributed by atoms with van der Waals surface area (Å²) in [6, 6.07) is 6.77. The van der Waals surface area contributed by atoms with Crippen LogP contribution in [0.15, 0.2) is 18.2 Å². The number of aryl methyl sites for hydroxylation is 2. The zero-order valence-corrected chi connectivity index (χ0v) is 14.5. The molecule has 22 heavy (non-hydrogen) atoms. The van der Waals surface area contributed by atoms with Crippen molar-refractivity contribution in [2.75, 3.05) is 26.2 Å². The van der Waals surface area contributed by atoms with Crippen molar-refractivity contribution in [2.45, 2.75) is 52.4 Å². The van der Waals surface area contributed by atoms with Crippen LogP contribution in [0.2, 0.25) is 0 Å². The van der Waals surface area contributed by atoms with Crippen LogP contribution in [-0.2, 0) is 16.6 Å². The van der Waals surface area contributed by atoms with E-state index >= 15 is 0 Å². The minimum Gasteiger partial charge on any atom is -0.340 e. The Balaban J connectivity index is 1.89. The highest BCUT2D eigenvalue weighted by Gasteiger charge is 2.17. The van der Waals surface area contributed by atoms with Gasteiger partial charge in [-0.2, -0.15) is 0 Å². The molecule has 1 fully saturated rings. The summed E-state index contributed by atoms with van der Waals surface area (Å²) in [6.07, 6.45) is 2.60. The van der Waals surface area contributed by atoms with E-state index in [1.165, 1.54) is 16.7 Å². The van der Waals surface area contributed by atoms with Gasteiger partial charge >= 0.3 is 0 Å². The number of hydrogen-bond donors (Lipinski definition) is 1. The van der Waals surface area contributed by atoms with Gasteiger partial charge < -0.3 is 10.2 Å². The van der Waals surface area contributed by atoms with Crippen molar-refractivity contribution in [1.29, 1.82) is 0 Å². The highest BCUT2D eigenvalue weighted by atomic mass is 16.2. The van der Waals surface area contributed by atoms with E-state index in [0.29, 0.717) is 12.3 Å². The Morgan fingerprint density at radius 3 is 2.55 bits per heavy atom. The summed E-state index contributed by atoms with van der Waals surface area (Å²) in [6.45, 7) is 12.5. The van der Waals surface area contributed by atoms with Crippen LogP contribution in [0.5, 0.6) is 0 Å². The minimum atomic E-state index is 0.180. The highest BCUT2D eigenvalue weighted by molar-refractivity contribution is 5.76. The molecule has 0 bridgehead atoms. The molecule has 3 nitrogen and oxygen atoms in total. The van der Waals surface area contributed by atoms with Crippen molar-refractivity contribution in [1.82, 2.24) is 10.2 Å². The van der Waals surface area contributed by atoms with Crippen molar-refractivity contribution >= 4 is 5.91 Å². The predicted octanol–water partition coefficient (Wildman–Crippen LogP) is 3.05. The molecule has 122 valence electrons. The number of nitrogens with one attached hydrogen (secondary N) is 1. The first-order chi connectivity index (χ1) is 10.4. The fourth-order valence-corrected chi connectivity index (χ4v) is 2.91. The van der Waals surface area contributed by atoms with Gasteiger partial charge in [0.15, 0.2) is 0 Å². The fraction of sp³-hybridized carbons (Fsp3) is 0.632. The Kier molecular flexibility index (Phi) is 5.63. The van der Waals surface area contributed by atoms with E-state index in [1.807, 2.05) is 4.90 Å². The van der Waals surface area contributed by atoms with Gasteiger partial charge in [-0.1, -0.05) is 39.0 Å². The van der Waals surface area contributed by atoms with E-state index in [1.54, 1.807) is 0 Å². The van der Waals surface area contributed by atoms with Crippen LogP contribution in [0.3, 0.4) is 0 Å². The molecule has 1 N–H and O–H groups in total. The second kappa shape index (κ2) is 7.28. The molecule has 1 amide bonds. The highest BCUT2D eigenvalue weighted by Crippen LogP contribution is 2.25. The number of rotatable bonds is 4. The van der Waals surface area contributed by atoms with Crippen molar-refractivity contribution in [3.8, 4) is 0 Å². The Bertz CT molecular complexity index is 511. The average Bonchev–Trinajstić information content (AvgIpc) is 2.48. The first kappa shape index (κ1) is 17.0. The Labute approximate surface area is 135 Å². The molecule has 0 spiro atoms. The smallest absolute Gasteiger partial charge is 0.222 e. The molecule has 1 aliphatic rings. The van der Waals surface area contributed by atoms with Crippen LogP contribution in [-0.4, -0.2) is 37.0 Å². The van der Waals surface area contributed by atoms with E-state index < -0.39 is 0 Å². The molecule has 0 aromatic heterocycles. The molecule has 1 aromatic carbocycles. The molecule has 0 radical (unpaired) electrons. The fourth-order valence-electron chi connectivity index (χ4n) is 2.91. The molecule has 1 aliphatic heterocycles. The molecule has 1 aromatic rings. The number of nitrogens with zero attached hydrogens (tertiary/aromatic N) is 1. The number of piperazine rings is 1. The summed E-state index contributed by atoms with van der Waals surface area (Å²) in [5.74, 6) is 0.311. The van der Waals surface area contributed by atoms with Crippen LogP contribution >= 0.6 is 0 Å². The SMILES string of the molecule is Cc1ccc(C(C)(C)C)cc1CCCC(=O)N1CCNCC1. The van der Waals surface area contributed by atoms with Gasteiger partial charge in [-0.15, -0.1) is 0 Å². The van der Waals surface area contributed by atoms with Crippen LogP contribution in [0.25, 0.3) is 0 Å². The average molecular weight is 302 g/mol. The molecule has 1 heterocycles. The molecule has 0 saturated carbocycles. The van der Waals surface area contributed by atoms with Gasteiger partial charge in [0.1, 0.15) is 0 Å². The number of carbonyl (C=O) groups excluding carboxylic acids is 1. The quantitative estimate of drug-likeness (QED) is 0.927. The van der Waals surface area contributed by atoms with Gasteiger partial charge in [-0.05, 0) is 41.9 Å². The summed E-state index contributed by atoms with van der Waals surface area (Å²) in [4.78, 5) is 14.2. The van der Waals surface area contributed by atoms with E-state index in [-0.39, 0.29) is 5.41 Å². The maximum Gasteiger partial charge on any atom is 0.222 e. The normalized spacial score (nSPS) is 15.9. The number of benzene rings is 1. The van der Waals surface area contributed by atoms with Crippen molar-refractivity contribution < 1.29 is 4.79 Å². The van der Waals surface area contributed by atoms with Crippen LogP contribution in [0.4, 0.5) is 0 Å². The Morgan fingerprint density at radius 1 is 1.23 bits per heavy atom. The third kappa shape index (κ3) is 4.57. The summed E-state index contributed by atoms with van der Waals surface area (Å²) in [5, 5.41) is 3.29. The lowest BCUT2D eigenvalue weighted by atomic mass is 9.84. The zero-order chi connectivity index (χ0) is 16.2. The molecule has 0 aliphatic carbocycles. The first-order valence-corrected chi connectivity index (χ1v) is 8.46. The van der Waals surface area contributed by atoms with Gasteiger partial charge in [0.2, 0.25) is 5.91 Å². The monoisotopic (exact) mass is 302 g/mol. The molecular formula is C19H30N2O. The number of hydrogen-bond acceptors (Lipinski definition) is 2. The lowest BCUT2D eigenvalue weighted by Crippen LogP contribution is -2.46. The lowest BCUT2D eigenvalue weighted by Gasteiger charge is -2.27. The van der Waals surface area contributed by atoms with E-state index in [9.17, 15) is 4.79 Å². The van der Waals surface area contributed by atoms with Gasteiger partial charge in [-0.25, -0.2) is 0 Å². The number of amides is 1. The van der Waals surface area contributed by atoms with Gasteiger partial charge in [0.25, 0.3) is 0 Å². The summed E-state index contributed by atoms with van der Waals surface area (Å²) < 4.78 is 0. The second-order valence-electron chi connectivity index (χ2n) is 7.38. The minimum absolute atomic E-state index is 0.180. The predicted molar refractivity (Wildman–Crippen MR) is 92.3 cm³/mol. The summed E-state index contributed by atoms with van der Waals surface area (Å²) in [5.41, 5.74) is 4.28. The molecule has 3 heteroatoms. The van der Waals surface area contributed by atoms with Gasteiger partial charge in [0, 0.05) is 32.6 Å². The van der Waals surface area contributed by atoms with Crippen molar-refractivity contribution in [2.24, 2.45) is 0 Å². The molecular weight excluding hydrogens is 272 g/mol. The molecule has 1 saturated heterocycles. The number of carbonyl (C=O) groups is 1. The van der Waals surface area contributed by atoms with Crippen molar-refractivity contribution in [3.05, 3.63) is 34.9 Å². The standard InChI is InChI=1S/C19H30N2O/c1-15-8-9-17(19(2,3)4)14-16(15)6-5-7-18(22)21-12-10-20-11-13-21/h8-9,14,20H,5-7,10-13H2,1-4H3. The largest absolute Gasteiger partial charge is 0.340 e. The topological polar surface area (TPSA) is 32.3 Å². The molecule has 0 atom stereocenters. The van der Waals surface area contributed by atoms with E-state index in [4.69, 9.17) is 0 Å².